The summed E-state index contributed by atoms with van der Waals surface area (Å²) in [5.74, 6) is -1.46. The Balaban J connectivity index is 1.71. The van der Waals surface area contributed by atoms with Gasteiger partial charge in [-0.05, 0) is 47.7 Å². The van der Waals surface area contributed by atoms with E-state index in [2.05, 4.69) is 5.32 Å². The highest BCUT2D eigenvalue weighted by Crippen LogP contribution is 2.42. The number of hydrogen-bond acceptors (Lipinski definition) is 2. The lowest BCUT2D eigenvalue weighted by Gasteiger charge is -2.34. The number of nitrogens with one attached hydrogen (secondary N) is 1. The van der Waals surface area contributed by atoms with Gasteiger partial charge in [0.25, 0.3) is 0 Å². The Kier molecular flexibility index (Phi) is 4.15. The lowest BCUT2D eigenvalue weighted by atomic mass is 9.73. The third-order valence-corrected chi connectivity index (χ3v) is 5.13. The van der Waals surface area contributed by atoms with Crippen molar-refractivity contribution in [3.05, 3.63) is 82.6 Å². The zero-order valence-corrected chi connectivity index (χ0v) is 14.0. The zero-order valence-electron chi connectivity index (χ0n) is 14.0. The molecule has 3 nitrogen and oxygen atoms in total. The molecule has 1 N–H and O–H groups in total. The van der Waals surface area contributed by atoms with Gasteiger partial charge in [0, 0.05) is 30.0 Å². The van der Waals surface area contributed by atoms with Crippen LogP contribution >= 0.6 is 0 Å². The van der Waals surface area contributed by atoms with Gasteiger partial charge in [0.15, 0.2) is 5.78 Å². The van der Waals surface area contributed by atoms with Crippen LogP contribution in [0.3, 0.4) is 0 Å². The molecule has 2 atom stereocenters. The van der Waals surface area contributed by atoms with Crippen molar-refractivity contribution < 1.29 is 18.4 Å². The third kappa shape index (κ3) is 3.05. The first-order valence-electron chi connectivity index (χ1n) is 8.58. The second-order valence-electron chi connectivity index (χ2n) is 6.83. The van der Waals surface area contributed by atoms with Crippen LogP contribution in [0.2, 0.25) is 0 Å². The van der Waals surface area contributed by atoms with Crippen molar-refractivity contribution in [2.45, 2.75) is 31.1 Å². The fourth-order valence-corrected chi connectivity index (χ4v) is 3.94. The monoisotopic (exact) mass is 353 g/mol. The summed E-state index contributed by atoms with van der Waals surface area (Å²) < 4.78 is 26.8. The quantitative estimate of drug-likeness (QED) is 0.888. The van der Waals surface area contributed by atoms with E-state index in [4.69, 9.17) is 0 Å². The van der Waals surface area contributed by atoms with E-state index in [-0.39, 0.29) is 35.7 Å². The minimum Gasteiger partial charge on any atom is -0.329 e. The van der Waals surface area contributed by atoms with Crippen LogP contribution in [0.4, 0.5) is 8.78 Å². The summed E-state index contributed by atoms with van der Waals surface area (Å²) in [6.45, 7) is 0. The lowest BCUT2D eigenvalue weighted by molar-refractivity contribution is -0.122. The van der Waals surface area contributed by atoms with Crippen LogP contribution in [0.25, 0.3) is 0 Å². The van der Waals surface area contributed by atoms with Gasteiger partial charge < -0.3 is 5.32 Å². The van der Waals surface area contributed by atoms with Crippen LogP contribution in [0, 0.1) is 11.6 Å². The van der Waals surface area contributed by atoms with E-state index in [0.717, 1.165) is 5.56 Å². The zero-order chi connectivity index (χ0) is 18.3. The van der Waals surface area contributed by atoms with E-state index in [9.17, 15) is 18.4 Å². The molecule has 1 aliphatic carbocycles. The van der Waals surface area contributed by atoms with Crippen molar-refractivity contribution in [1.29, 1.82) is 0 Å². The van der Waals surface area contributed by atoms with E-state index in [1.54, 1.807) is 24.3 Å². The number of Topliss-reactive ketones (excluding diaryl/α,β-unsaturated/α-hetero) is 1. The lowest BCUT2D eigenvalue weighted by Crippen LogP contribution is -2.38. The second kappa shape index (κ2) is 6.48. The highest BCUT2D eigenvalue weighted by atomic mass is 19.1. The Morgan fingerprint density at radius 1 is 0.846 bits per heavy atom. The Bertz CT molecular complexity index is 918. The summed E-state index contributed by atoms with van der Waals surface area (Å²) in [7, 11) is 0. The van der Waals surface area contributed by atoms with Crippen LogP contribution in [0.5, 0.6) is 0 Å². The van der Waals surface area contributed by atoms with E-state index in [1.807, 2.05) is 0 Å². The van der Waals surface area contributed by atoms with E-state index in [0.29, 0.717) is 29.7 Å². The first-order chi connectivity index (χ1) is 12.5. The molecule has 26 heavy (non-hydrogen) atoms. The van der Waals surface area contributed by atoms with Gasteiger partial charge in [0.1, 0.15) is 11.6 Å². The molecule has 1 aliphatic heterocycles. The maximum absolute atomic E-state index is 13.6. The van der Waals surface area contributed by atoms with Crippen molar-refractivity contribution in [3.63, 3.8) is 0 Å². The number of ketones is 1. The Labute approximate surface area is 149 Å². The molecular weight excluding hydrogens is 336 g/mol. The molecule has 4 rings (SSSR count). The molecule has 5 heteroatoms. The molecule has 2 aromatic rings. The highest BCUT2D eigenvalue weighted by molar-refractivity contribution is 6.02. The molecule has 0 bridgehead atoms. The fraction of sp³-hybridized carbons (Fsp3) is 0.238. The van der Waals surface area contributed by atoms with Gasteiger partial charge in [-0.1, -0.05) is 24.3 Å². The van der Waals surface area contributed by atoms with Gasteiger partial charge in [-0.3, -0.25) is 9.59 Å². The molecule has 0 saturated heterocycles. The van der Waals surface area contributed by atoms with Gasteiger partial charge in [-0.25, -0.2) is 8.78 Å². The molecule has 2 aromatic carbocycles. The van der Waals surface area contributed by atoms with E-state index < -0.39 is 5.92 Å². The molecule has 0 aromatic heterocycles. The van der Waals surface area contributed by atoms with Gasteiger partial charge >= 0.3 is 0 Å². The van der Waals surface area contributed by atoms with Gasteiger partial charge in [0.05, 0.1) is 0 Å². The van der Waals surface area contributed by atoms with Crippen LogP contribution in [-0.2, 0) is 9.59 Å². The number of carbonyl (C=O) groups excluding carboxylic acids is 2. The van der Waals surface area contributed by atoms with Crippen LogP contribution in [0.15, 0.2) is 59.8 Å². The largest absolute Gasteiger partial charge is 0.329 e. The van der Waals surface area contributed by atoms with E-state index >= 15 is 0 Å². The molecule has 0 saturated carbocycles. The Morgan fingerprint density at radius 2 is 1.62 bits per heavy atom. The number of benzene rings is 2. The van der Waals surface area contributed by atoms with Gasteiger partial charge in [-0.2, -0.15) is 0 Å². The summed E-state index contributed by atoms with van der Waals surface area (Å²) in [6, 6.07) is 12.2. The third-order valence-electron chi connectivity index (χ3n) is 5.13. The normalized spacial score (nSPS) is 22.8. The maximum Gasteiger partial charge on any atom is 0.225 e. The first kappa shape index (κ1) is 16.6. The number of rotatable bonds is 2. The molecular formula is C21H17F2NO2. The predicted octanol–water partition coefficient (Wildman–Crippen LogP) is 3.97. The average Bonchev–Trinajstić information content (AvgIpc) is 2.61. The first-order valence-corrected chi connectivity index (χ1v) is 8.58. The van der Waals surface area contributed by atoms with Gasteiger partial charge in [-0.15, -0.1) is 0 Å². The summed E-state index contributed by atoms with van der Waals surface area (Å²) in [4.78, 5) is 25.1. The van der Waals surface area contributed by atoms with Crippen molar-refractivity contribution in [2.24, 2.45) is 0 Å². The molecule has 132 valence electrons. The van der Waals surface area contributed by atoms with E-state index in [1.165, 1.54) is 24.3 Å². The molecule has 0 spiro atoms. The van der Waals surface area contributed by atoms with Crippen molar-refractivity contribution in [2.75, 3.05) is 0 Å². The summed E-state index contributed by atoms with van der Waals surface area (Å²) >= 11 is 0. The average molecular weight is 353 g/mol. The van der Waals surface area contributed by atoms with Crippen LogP contribution < -0.4 is 5.32 Å². The minimum absolute atomic E-state index is 0.0464. The fourth-order valence-electron chi connectivity index (χ4n) is 3.94. The molecule has 2 aliphatic rings. The molecule has 0 unspecified atom stereocenters. The summed E-state index contributed by atoms with van der Waals surface area (Å²) in [5, 5.41) is 2.83. The summed E-state index contributed by atoms with van der Waals surface area (Å²) in [5.41, 5.74) is 2.70. The number of carbonyl (C=O) groups is 2. The number of amides is 1. The number of hydrogen-bond donors (Lipinski definition) is 1. The van der Waals surface area contributed by atoms with Crippen molar-refractivity contribution in [1.82, 2.24) is 5.32 Å². The Hall–Kier alpha value is -2.82. The van der Waals surface area contributed by atoms with Crippen molar-refractivity contribution >= 4 is 11.7 Å². The maximum atomic E-state index is 13.6. The minimum atomic E-state index is -0.420. The second-order valence-corrected chi connectivity index (χ2v) is 6.83. The smallest absolute Gasteiger partial charge is 0.225 e. The number of allylic oxidation sites excluding steroid dienone is 2. The number of halogens is 2. The molecule has 0 fully saturated rings. The highest BCUT2D eigenvalue weighted by Gasteiger charge is 2.38. The van der Waals surface area contributed by atoms with Crippen molar-refractivity contribution in [3.8, 4) is 0 Å². The van der Waals surface area contributed by atoms with Crippen LogP contribution in [0.1, 0.15) is 42.2 Å². The predicted molar refractivity (Wildman–Crippen MR) is 92.3 cm³/mol. The van der Waals surface area contributed by atoms with Gasteiger partial charge in [0.2, 0.25) is 5.91 Å². The van der Waals surface area contributed by atoms with Crippen LogP contribution in [-0.4, -0.2) is 11.7 Å². The molecule has 1 heterocycles. The molecule has 1 amide bonds. The SMILES string of the molecule is O=C1C[C@@H](c2cccc(F)c2)C2=C(C[C@@H](c3ccc(F)cc3)CC2=O)N1. The molecule has 0 radical (unpaired) electrons. The standard InChI is InChI=1S/C21H17F2NO2/c22-15-6-4-12(5-7-15)14-9-18-21(19(25)10-14)17(11-20(26)24-18)13-2-1-3-16(23)8-13/h1-8,14,17H,9-11H2,(H,24,26)/t14-,17+/m1/s1. The Morgan fingerprint density at radius 3 is 2.35 bits per heavy atom. The summed E-state index contributed by atoms with van der Waals surface area (Å²) in [6.07, 6.45) is 0.936. The topological polar surface area (TPSA) is 46.2 Å².